The average molecular weight is 272 g/mol. The predicted octanol–water partition coefficient (Wildman–Crippen LogP) is 2.64. The summed E-state index contributed by atoms with van der Waals surface area (Å²) in [6.45, 7) is 2.04. The molecule has 0 spiro atoms. The molecule has 0 saturated carbocycles. The highest BCUT2D eigenvalue weighted by Crippen LogP contribution is 2.41. The number of H-pyrrole nitrogens is 1. The Morgan fingerprint density at radius 1 is 1.37 bits per heavy atom. The van der Waals surface area contributed by atoms with E-state index in [1.807, 2.05) is 6.92 Å². The number of aryl methyl sites for hydroxylation is 2. The molecule has 0 bridgehead atoms. The Kier molecular flexibility index (Phi) is 2.07. The van der Waals surface area contributed by atoms with Crippen molar-refractivity contribution in [3.05, 3.63) is 33.2 Å². The summed E-state index contributed by atoms with van der Waals surface area (Å²) < 4.78 is 0.724. The van der Waals surface area contributed by atoms with E-state index >= 15 is 0 Å². The number of hydrogen-bond donors (Lipinski definition) is 2. The van der Waals surface area contributed by atoms with Gasteiger partial charge in [0.15, 0.2) is 0 Å². The smallest absolute Gasteiger partial charge is 0.252 e. The third-order valence-corrected chi connectivity index (χ3v) is 4.97. The summed E-state index contributed by atoms with van der Waals surface area (Å²) in [7, 11) is 0. The van der Waals surface area contributed by atoms with Crippen LogP contribution in [0.25, 0.3) is 20.4 Å². The SMILES string of the molecule is Cc1nc2sc3c(O)cc(=O)[nH]c3c2c2c1CCC2. The van der Waals surface area contributed by atoms with Gasteiger partial charge in [-0.1, -0.05) is 0 Å². The Hall–Kier alpha value is -1.88. The van der Waals surface area contributed by atoms with E-state index in [-0.39, 0.29) is 11.3 Å². The van der Waals surface area contributed by atoms with Gasteiger partial charge in [0.05, 0.1) is 10.2 Å². The van der Waals surface area contributed by atoms with E-state index in [9.17, 15) is 9.90 Å². The zero-order valence-electron chi connectivity index (χ0n) is 10.4. The summed E-state index contributed by atoms with van der Waals surface area (Å²) in [4.78, 5) is 20.0. The van der Waals surface area contributed by atoms with Gasteiger partial charge >= 0.3 is 0 Å². The third kappa shape index (κ3) is 1.39. The van der Waals surface area contributed by atoms with Crippen molar-refractivity contribution in [1.29, 1.82) is 0 Å². The summed E-state index contributed by atoms with van der Waals surface area (Å²) in [5.74, 6) is 0.0474. The molecule has 0 saturated heterocycles. The van der Waals surface area contributed by atoms with Crippen LogP contribution >= 0.6 is 11.3 Å². The molecule has 1 aliphatic rings. The fraction of sp³-hybridized carbons (Fsp3) is 0.286. The van der Waals surface area contributed by atoms with Crippen LogP contribution in [0.3, 0.4) is 0 Å². The van der Waals surface area contributed by atoms with Gasteiger partial charge in [0.2, 0.25) is 0 Å². The highest BCUT2D eigenvalue weighted by atomic mass is 32.1. The number of nitrogens with one attached hydrogen (secondary N) is 1. The summed E-state index contributed by atoms with van der Waals surface area (Å²) in [6, 6.07) is 1.23. The van der Waals surface area contributed by atoms with Crippen molar-refractivity contribution in [1.82, 2.24) is 9.97 Å². The van der Waals surface area contributed by atoms with Crippen molar-refractivity contribution >= 4 is 31.8 Å². The lowest BCUT2D eigenvalue weighted by atomic mass is 10.1. The fourth-order valence-electron chi connectivity index (χ4n) is 3.07. The summed E-state index contributed by atoms with van der Waals surface area (Å²) >= 11 is 1.45. The van der Waals surface area contributed by atoms with E-state index in [0.29, 0.717) is 0 Å². The number of hydrogen-bond acceptors (Lipinski definition) is 4. The van der Waals surface area contributed by atoms with Crippen LogP contribution in [0.4, 0.5) is 0 Å². The molecule has 0 unspecified atom stereocenters. The van der Waals surface area contributed by atoms with E-state index in [1.165, 1.54) is 28.5 Å². The number of thiophene rings is 1. The van der Waals surface area contributed by atoms with Gasteiger partial charge in [0.1, 0.15) is 10.6 Å². The van der Waals surface area contributed by atoms with Gasteiger partial charge in [-0.15, -0.1) is 11.3 Å². The Morgan fingerprint density at radius 2 is 2.16 bits per heavy atom. The first-order valence-corrected chi connectivity index (χ1v) is 7.13. The van der Waals surface area contributed by atoms with E-state index in [1.54, 1.807) is 0 Å². The molecular formula is C14H12N2O2S. The van der Waals surface area contributed by atoms with Crippen LogP contribution in [-0.2, 0) is 12.8 Å². The molecule has 3 aromatic rings. The standard InChI is InChI=1S/C14H12N2O2S/c1-6-7-3-2-4-8(7)11-12-13(19-14(11)15-6)9(17)5-10(18)16-12/h5H,2-4H2,1H3,(H2,16,17,18). The number of aromatic nitrogens is 2. The lowest BCUT2D eigenvalue weighted by Crippen LogP contribution is -2.02. The molecule has 1 aliphatic carbocycles. The van der Waals surface area contributed by atoms with Crippen molar-refractivity contribution < 1.29 is 5.11 Å². The van der Waals surface area contributed by atoms with Gasteiger partial charge in [-0.25, -0.2) is 4.98 Å². The molecule has 0 atom stereocenters. The van der Waals surface area contributed by atoms with Gasteiger partial charge in [-0.2, -0.15) is 0 Å². The fourth-order valence-corrected chi connectivity index (χ4v) is 4.19. The van der Waals surface area contributed by atoms with Crippen molar-refractivity contribution in [2.24, 2.45) is 0 Å². The number of nitrogens with zero attached hydrogens (tertiary/aromatic N) is 1. The van der Waals surface area contributed by atoms with Gasteiger partial charge in [0.25, 0.3) is 5.56 Å². The quantitative estimate of drug-likeness (QED) is 0.661. The average Bonchev–Trinajstić information content (AvgIpc) is 2.93. The molecule has 0 radical (unpaired) electrons. The minimum absolute atomic E-state index is 0.0474. The zero-order chi connectivity index (χ0) is 13.1. The van der Waals surface area contributed by atoms with Crippen LogP contribution in [0.1, 0.15) is 23.2 Å². The Balaban J connectivity index is 2.30. The summed E-state index contributed by atoms with van der Waals surface area (Å²) in [5, 5.41) is 11.0. The second kappa shape index (κ2) is 3.57. The summed E-state index contributed by atoms with van der Waals surface area (Å²) in [5.41, 5.74) is 4.17. The Labute approximate surface area is 112 Å². The first-order chi connectivity index (χ1) is 9.15. The molecule has 0 aromatic carbocycles. The van der Waals surface area contributed by atoms with E-state index in [0.717, 1.165) is 45.4 Å². The van der Waals surface area contributed by atoms with Crippen molar-refractivity contribution in [3.8, 4) is 5.75 Å². The molecule has 4 rings (SSSR count). The number of aromatic amines is 1. The minimum Gasteiger partial charge on any atom is -0.506 e. The minimum atomic E-state index is -0.267. The normalized spacial score (nSPS) is 14.4. The maximum atomic E-state index is 11.6. The molecule has 19 heavy (non-hydrogen) atoms. The highest BCUT2D eigenvalue weighted by Gasteiger charge is 2.22. The van der Waals surface area contributed by atoms with E-state index < -0.39 is 0 Å². The highest BCUT2D eigenvalue weighted by molar-refractivity contribution is 7.25. The molecule has 4 nitrogen and oxygen atoms in total. The van der Waals surface area contributed by atoms with Crippen LogP contribution in [0.5, 0.6) is 5.75 Å². The first-order valence-electron chi connectivity index (χ1n) is 6.32. The van der Waals surface area contributed by atoms with Gasteiger partial charge in [-0.3, -0.25) is 4.79 Å². The monoisotopic (exact) mass is 272 g/mol. The van der Waals surface area contributed by atoms with Gasteiger partial charge in [-0.05, 0) is 37.3 Å². The van der Waals surface area contributed by atoms with Gasteiger partial charge < -0.3 is 10.1 Å². The van der Waals surface area contributed by atoms with Crippen LogP contribution in [0.15, 0.2) is 10.9 Å². The maximum Gasteiger partial charge on any atom is 0.252 e. The van der Waals surface area contributed by atoms with Crippen LogP contribution < -0.4 is 5.56 Å². The summed E-state index contributed by atoms with van der Waals surface area (Å²) in [6.07, 6.45) is 3.22. The molecule has 96 valence electrons. The maximum absolute atomic E-state index is 11.6. The molecule has 0 fully saturated rings. The second-order valence-corrected chi connectivity index (χ2v) is 6.01. The predicted molar refractivity (Wildman–Crippen MR) is 76.2 cm³/mol. The van der Waals surface area contributed by atoms with Crippen molar-refractivity contribution in [2.45, 2.75) is 26.2 Å². The zero-order valence-corrected chi connectivity index (χ0v) is 11.2. The second-order valence-electron chi connectivity index (χ2n) is 5.01. The number of fused-ring (bicyclic) bond motifs is 5. The topological polar surface area (TPSA) is 66.0 Å². The van der Waals surface area contributed by atoms with E-state index in [4.69, 9.17) is 0 Å². The lowest BCUT2D eigenvalue weighted by Gasteiger charge is -2.04. The Bertz CT molecular complexity index is 892. The molecule has 2 N–H and O–H groups in total. The molecule has 3 heterocycles. The van der Waals surface area contributed by atoms with Crippen LogP contribution in [0.2, 0.25) is 0 Å². The number of pyridine rings is 2. The number of aromatic hydroxyl groups is 1. The van der Waals surface area contributed by atoms with E-state index in [2.05, 4.69) is 9.97 Å². The molecular weight excluding hydrogens is 260 g/mol. The van der Waals surface area contributed by atoms with Gasteiger partial charge in [0, 0.05) is 17.1 Å². The third-order valence-electron chi connectivity index (χ3n) is 3.86. The molecule has 3 aromatic heterocycles. The molecule has 0 aliphatic heterocycles. The molecule has 0 amide bonds. The van der Waals surface area contributed by atoms with Crippen LogP contribution in [-0.4, -0.2) is 15.1 Å². The molecule has 5 heteroatoms. The lowest BCUT2D eigenvalue weighted by molar-refractivity contribution is 0.481. The van der Waals surface area contributed by atoms with Crippen LogP contribution in [0, 0.1) is 6.92 Å². The largest absolute Gasteiger partial charge is 0.506 e. The van der Waals surface area contributed by atoms with Crippen molar-refractivity contribution in [2.75, 3.05) is 0 Å². The van der Waals surface area contributed by atoms with Crippen molar-refractivity contribution in [3.63, 3.8) is 0 Å². The first kappa shape index (κ1) is 11.0. The number of rotatable bonds is 0. The Morgan fingerprint density at radius 3 is 3.00 bits per heavy atom.